The molecule has 1 aromatic rings. The van der Waals surface area contributed by atoms with Crippen LogP contribution < -0.4 is 0 Å². The van der Waals surface area contributed by atoms with Crippen LogP contribution >= 0.6 is 0 Å². The average Bonchev–Trinajstić information content (AvgIpc) is 2.28. The highest BCUT2D eigenvalue weighted by Crippen LogP contribution is 2.18. The van der Waals surface area contributed by atoms with Gasteiger partial charge in [-0.3, -0.25) is 0 Å². The first-order chi connectivity index (χ1) is 7.91. The first kappa shape index (κ1) is 14.1. The molecule has 1 rings (SSSR count). The fraction of sp³-hybridized carbons (Fsp3) is 0.545. The van der Waals surface area contributed by atoms with E-state index in [1.807, 2.05) is 6.92 Å². The van der Waals surface area contributed by atoms with E-state index >= 15 is 0 Å². The molecule has 0 aliphatic carbocycles. The number of halogens is 1. The van der Waals surface area contributed by atoms with Gasteiger partial charge in [-0.1, -0.05) is 13.3 Å². The summed E-state index contributed by atoms with van der Waals surface area (Å²) in [6, 6.07) is 2.29. The largest absolute Gasteiger partial charge is 0.263 e. The van der Waals surface area contributed by atoms with E-state index in [4.69, 9.17) is 0 Å². The molecule has 4 nitrogen and oxygen atoms in total. The van der Waals surface area contributed by atoms with Gasteiger partial charge in [0, 0.05) is 19.3 Å². The molecule has 0 radical (unpaired) electrons. The highest BCUT2D eigenvalue weighted by atomic mass is 32.2. The van der Waals surface area contributed by atoms with Crippen LogP contribution in [0.5, 0.6) is 0 Å². The Morgan fingerprint density at radius 1 is 1.53 bits per heavy atom. The van der Waals surface area contributed by atoms with Crippen LogP contribution in [0.4, 0.5) is 4.39 Å². The second-order valence-corrected chi connectivity index (χ2v) is 5.86. The summed E-state index contributed by atoms with van der Waals surface area (Å²) >= 11 is 0. The second kappa shape index (κ2) is 5.55. The number of rotatable bonds is 5. The highest BCUT2D eigenvalue weighted by Gasteiger charge is 2.28. The lowest BCUT2D eigenvalue weighted by molar-refractivity contribution is 0.364. The first-order valence-electron chi connectivity index (χ1n) is 5.49. The van der Waals surface area contributed by atoms with Gasteiger partial charge < -0.3 is 0 Å². The minimum Gasteiger partial charge on any atom is -0.241 e. The lowest BCUT2D eigenvalue weighted by atomic mass is 10.2. The lowest BCUT2D eigenvalue weighted by Crippen LogP contribution is -2.35. The molecule has 6 heteroatoms. The molecule has 1 aromatic heterocycles. The number of hydrogen-bond donors (Lipinski definition) is 0. The van der Waals surface area contributed by atoms with Crippen molar-refractivity contribution in [2.24, 2.45) is 0 Å². The van der Waals surface area contributed by atoms with Gasteiger partial charge in [-0.25, -0.2) is 17.8 Å². The molecular formula is C11H17FN2O2S. The van der Waals surface area contributed by atoms with E-state index in [1.165, 1.54) is 23.6 Å². The van der Waals surface area contributed by atoms with Crippen LogP contribution in [0.15, 0.2) is 23.4 Å². The summed E-state index contributed by atoms with van der Waals surface area (Å²) in [6.45, 7) is 3.76. The first-order valence-corrected chi connectivity index (χ1v) is 6.93. The Bertz CT molecular complexity index is 476. The van der Waals surface area contributed by atoms with Gasteiger partial charge in [0.2, 0.25) is 5.03 Å². The maximum atomic E-state index is 13.4. The van der Waals surface area contributed by atoms with Gasteiger partial charge in [0.25, 0.3) is 10.0 Å². The molecule has 0 N–H and O–H groups in total. The minimum absolute atomic E-state index is 0.175. The molecule has 0 aromatic carbocycles. The molecule has 0 aliphatic rings. The van der Waals surface area contributed by atoms with Crippen molar-refractivity contribution in [3.05, 3.63) is 24.1 Å². The van der Waals surface area contributed by atoms with E-state index < -0.39 is 20.9 Å². The van der Waals surface area contributed by atoms with Crippen molar-refractivity contribution in [2.75, 3.05) is 7.05 Å². The average molecular weight is 260 g/mol. The van der Waals surface area contributed by atoms with Gasteiger partial charge in [-0.2, -0.15) is 4.31 Å². The number of pyridine rings is 1. The quantitative estimate of drug-likeness (QED) is 0.814. The van der Waals surface area contributed by atoms with Crippen LogP contribution in [-0.4, -0.2) is 30.8 Å². The zero-order valence-electron chi connectivity index (χ0n) is 10.2. The second-order valence-electron chi connectivity index (χ2n) is 3.95. The van der Waals surface area contributed by atoms with Crippen molar-refractivity contribution in [3.8, 4) is 0 Å². The third kappa shape index (κ3) is 3.01. The van der Waals surface area contributed by atoms with E-state index in [2.05, 4.69) is 4.98 Å². The fourth-order valence-corrected chi connectivity index (χ4v) is 2.89. The van der Waals surface area contributed by atoms with Crippen LogP contribution in [0, 0.1) is 5.82 Å². The lowest BCUT2D eigenvalue weighted by Gasteiger charge is -2.23. The fourth-order valence-electron chi connectivity index (χ4n) is 1.53. The Kier molecular flexibility index (Phi) is 4.59. The van der Waals surface area contributed by atoms with Crippen LogP contribution in [-0.2, 0) is 10.0 Å². The molecule has 0 spiro atoms. The zero-order valence-corrected chi connectivity index (χ0v) is 11.0. The van der Waals surface area contributed by atoms with Gasteiger partial charge in [0.1, 0.15) is 0 Å². The molecule has 96 valence electrons. The van der Waals surface area contributed by atoms with Crippen molar-refractivity contribution >= 4 is 10.0 Å². The van der Waals surface area contributed by atoms with Crippen LogP contribution in [0.2, 0.25) is 0 Å². The normalized spacial score (nSPS) is 13.9. The Labute approximate surface area is 102 Å². The Morgan fingerprint density at radius 2 is 2.18 bits per heavy atom. The van der Waals surface area contributed by atoms with E-state index in [9.17, 15) is 12.8 Å². The summed E-state index contributed by atoms with van der Waals surface area (Å²) in [5, 5.41) is -0.509. The Balaban J connectivity index is 3.08. The molecule has 0 bridgehead atoms. The Hall–Kier alpha value is -1.01. The number of nitrogens with zero attached hydrogens (tertiary/aromatic N) is 2. The molecule has 1 heterocycles. The summed E-state index contributed by atoms with van der Waals surface area (Å²) in [7, 11) is -2.40. The van der Waals surface area contributed by atoms with E-state index in [1.54, 1.807) is 6.92 Å². The van der Waals surface area contributed by atoms with Crippen LogP contribution in [0.3, 0.4) is 0 Å². The van der Waals surface area contributed by atoms with E-state index in [0.29, 0.717) is 0 Å². The van der Waals surface area contributed by atoms with Gasteiger partial charge >= 0.3 is 0 Å². The molecule has 1 unspecified atom stereocenters. The van der Waals surface area contributed by atoms with Crippen molar-refractivity contribution < 1.29 is 12.8 Å². The summed E-state index contributed by atoms with van der Waals surface area (Å²) < 4.78 is 38.8. The summed E-state index contributed by atoms with van der Waals surface area (Å²) in [4.78, 5) is 3.61. The summed E-state index contributed by atoms with van der Waals surface area (Å²) in [6.07, 6.45) is 2.87. The van der Waals surface area contributed by atoms with Crippen molar-refractivity contribution in [1.29, 1.82) is 0 Å². The smallest absolute Gasteiger partial charge is 0.241 e. The van der Waals surface area contributed by atoms with Gasteiger partial charge in [0.15, 0.2) is 5.82 Å². The van der Waals surface area contributed by atoms with Gasteiger partial charge in [-0.05, 0) is 25.5 Å². The number of sulfonamides is 1. The van der Waals surface area contributed by atoms with Crippen molar-refractivity contribution in [1.82, 2.24) is 9.29 Å². The number of aromatic nitrogens is 1. The summed E-state index contributed by atoms with van der Waals surface area (Å²) in [5.41, 5.74) is 0. The maximum absolute atomic E-state index is 13.4. The van der Waals surface area contributed by atoms with Crippen molar-refractivity contribution in [2.45, 2.75) is 37.8 Å². The molecule has 0 saturated carbocycles. The van der Waals surface area contributed by atoms with Crippen LogP contribution in [0.1, 0.15) is 26.7 Å². The Morgan fingerprint density at radius 3 is 2.71 bits per heavy atom. The third-order valence-corrected chi connectivity index (χ3v) is 4.58. The molecule has 0 fully saturated rings. The maximum Gasteiger partial charge on any atom is 0.263 e. The predicted molar refractivity (Wildman–Crippen MR) is 63.5 cm³/mol. The minimum atomic E-state index is -3.84. The number of hydrogen-bond acceptors (Lipinski definition) is 3. The molecule has 1 atom stereocenters. The van der Waals surface area contributed by atoms with E-state index in [-0.39, 0.29) is 6.04 Å². The van der Waals surface area contributed by atoms with Crippen molar-refractivity contribution in [3.63, 3.8) is 0 Å². The van der Waals surface area contributed by atoms with Crippen LogP contribution in [0.25, 0.3) is 0 Å². The van der Waals surface area contributed by atoms with E-state index in [0.717, 1.165) is 18.9 Å². The standard InChI is InChI=1S/C11H17FN2O2S/c1-4-6-9(2)14(3)17(15,16)11-10(12)7-5-8-13-11/h5,7-9H,4,6H2,1-3H3. The topological polar surface area (TPSA) is 50.3 Å². The molecule has 17 heavy (non-hydrogen) atoms. The molecule has 0 aliphatic heterocycles. The molecule has 0 amide bonds. The highest BCUT2D eigenvalue weighted by molar-refractivity contribution is 7.89. The molecular weight excluding hydrogens is 243 g/mol. The van der Waals surface area contributed by atoms with Gasteiger partial charge in [0.05, 0.1) is 0 Å². The zero-order chi connectivity index (χ0) is 13.1. The third-order valence-electron chi connectivity index (χ3n) is 2.68. The monoisotopic (exact) mass is 260 g/mol. The SMILES string of the molecule is CCCC(C)N(C)S(=O)(=O)c1ncccc1F. The van der Waals surface area contributed by atoms with Gasteiger partial charge in [-0.15, -0.1) is 0 Å². The molecule has 0 saturated heterocycles. The summed E-state index contributed by atoms with van der Waals surface area (Å²) in [5.74, 6) is -0.817. The predicted octanol–water partition coefficient (Wildman–Crippen LogP) is 2.03.